The van der Waals surface area contributed by atoms with Gasteiger partial charge in [0.1, 0.15) is 5.54 Å². The lowest BCUT2D eigenvalue weighted by molar-refractivity contribution is -0.149. The van der Waals surface area contributed by atoms with Crippen LogP contribution in [0.25, 0.3) is 0 Å². The Balaban J connectivity index is 1.79. The van der Waals surface area contributed by atoms with Gasteiger partial charge in [-0.3, -0.25) is 19.7 Å². The average molecular weight is 278 g/mol. The fourth-order valence-corrected chi connectivity index (χ4v) is 3.60. The summed E-state index contributed by atoms with van der Waals surface area (Å²) in [5.74, 6) is -1.36. The van der Waals surface area contributed by atoms with Crippen molar-refractivity contribution >= 4 is 17.8 Å². The normalized spacial score (nSPS) is 35.7. The molecule has 3 aliphatic rings. The number of fused-ring (bicyclic) bond motifs is 1. The highest BCUT2D eigenvalue weighted by molar-refractivity contribution is 6.05. The molecule has 2 aliphatic carbocycles. The third kappa shape index (κ3) is 1.86. The fourth-order valence-electron chi connectivity index (χ4n) is 3.60. The lowest BCUT2D eigenvalue weighted by Gasteiger charge is -2.23. The first-order valence-electron chi connectivity index (χ1n) is 6.95. The molecule has 3 N–H and O–H groups in total. The quantitative estimate of drug-likeness (QED) is 0.421. The average Bonchev–Trinajstić information content (AvgIpc) is 2.86. The van der Waals surface area contributed by atoms with Gasteiger partial charge >= 0.3 is 5.97 Å². The van der Waals surface area contributed by atoms with Crippen molar-refractivity contribution in [3.05, 3.63) is 11.1 Å². The fraction of sp³-hybridized carbons (Fsp3) is 0.643. The van der Waals surface area contributed by atoms with Crippen LogP contribution < -0.4 is 11.1 Å². The molecular formula is C14H18N2O4. The van der Waals surface area contributed by atoms with Crippen LogP contribution in [-0.2, 0) is 19.1 Å². The molecule has 0 aromatic heterocycles. The Hall–Kier alpha value is -1.69. The van der Waals surface area contributed by atoms with Gasteiger partial charge in [-0.2, -0.15) is 0 Å². The van der Waals surface area contributed by atoms with E-state index in [4.69, 9.17) is 10.5 Å². The van der Waals surface area contributed by atoms with Gasteiger partial charge < -0.3 is 10.5 Å². The lowest BCUT2D eigenvalue weighted by atomic mass is 9.78. The van der Waals surface area contributed by atoms with Crippen molar-refractivity contribution in [3.63, 3.8) is 0 Å². The van der Waals surface area contributed by atoms with Gasteiger partial charge in [-0.25, -0.2) is 0 Å². The van der Waals surface area contributed by atoms with E-state index in [1.807, 2.05) is 0 Å². The molecule has 108 valence electrons. The molecule has 1 saturated heterocycles. The first-order valence-corrected chi connectivity index (χ1v) is 6.95. The second-order valence-corrected chi connectivity index (χ2v) is 5.91. The second-order valence-electron chi connectivity index (χ2n) is 5.91. The van der Waals surface area contributed by atoms with E-state index in [-0.39, 0.29) is 23.7 Å². The number of nitrogens with two attached hydrogens (primary N) is 1. The van der Waals surface area contributed by atoms with Crippen LogP contribution in [0.15, 0.2) is 11.1 Å². The third-order valence-corrected chi connectivity index (χ3v) is 4.58. The Kier molecular flexibility index (Phi) is 2.93. The Morgan fingerprint density at radius 3 is 2.20 bits per heavy atom. The molecule has 1 heterocycles. The molecule has 1 fully saturated rings. The van der Waals surface area contributed by atoms with Crippen LogP contribution in [0.1, 0.15) is 32.6 Å². The summed E-state index contributed by atoms with van der Waals surface area (Å²) in [4.78, 5) is 35.4. The Bertz CT molecular complexity index is 503. The van der Waals surface area contributed by atoms with Gasteiger partial charge in [-0.15, -0.1) is 0 Å². The maximum absolute atomic E-state index is 12.0. The predicted octanol–water partition coefficient (Wildman–Crippen LogP) is 0.0200. The van der Waals surface area contributed by atoms with Crippen molar-refractivity contribution in [1.82, 2.24) is 5.32 Å². The third-order valence-electron chi connectivity index (χ3n) is 4.58. The minimum absolute atomic E-state index is 0.197. The van der Waals surface area contributed by atoms with E-state index in [1.54, 1.807) is 6.92 Å². The zero-order chi connectivity index (χ0) is 14.5. The van der Waals surface area contributed by atoms with Crippen molar-refractivity contribution in [2.75, 3.05) is 6.61 Å². The molecule has 0 aromatic rings. The topological polar surface area (TPSA) is 98.5 Å². The molecule has 0 saturated carbocycles. The van der Waals surface area contributed by atoms with E-state index >= 15 is 0 Å². The van der Waals surface area contributed by atoms with Crippen molar-refractivity contribution < 1.29 is 19.1 Å². The zero-order valence-corrected chi connectivity index (χ0v) is 11.4. The van der Waals surface area contributed by atoms with Crippen LogP contribution in [0, 0.1) is 11.8 Å². The SMILES string of the molecule is CCOC(=O)C1(N)CC2=C(CC3C(=O)NC(=O)C3C2)C1. The molecular weight excluding hydrogens is 260 g/mol. The minimum Gasteiger partial charge on any atom is -0.465 e. The summed E-state index contributed by atoms with van der Waals surface area (Å²) in [5.41, 5.74) is 7.27. The van der Waals surface area contributed by atoms with Crippen LogP contribution in [0.5, 0.6) is 0 Å². The van der Waals surface area contributed by atoms with Gasteiger partial charge in [0.2, 0.25) is 11.8 Å². The molecule has 6 nitrogen and oxygen atoms in total. The maximum atomic E-state index is 12.0. The van der Waals surface area contributed by atoms with Gasteiger partial charge in [0.05, 0.1) is 18.4 Å². The highest BCUT2D eigenvalue weighted by Gasteiger charge is 2.51. The predicted molar refractivity (Wildman–Crippen MR) is 69.2 cm³/mol. The number of ether oxygens (including phenoxy) is 1. The van der Waals surface area contributed by atoms with E-state index in [2.05, 4.69) is 5.32 Å². The molecule has 0 bridgehead atoms. The number of hydrogen-bond acceptors (Lipinski definition) is 5. The Labute approximate surface area is 116 Å². The van der Waals surface area contributed by atoms with Crippen LogP contribution >= 0.6 is 0 Å². The highest BCUT2D eigenvalue weighted by Crippen LogP contribution is 2.47. The number of carbonyl (C=O) groups excluding carboxylic acids is 3. The summed E-state index contributed by atoms with van der Waals surface area (Å²) in [7, 11) is 0. The van der Waals surface area contributed by atoms with Crippen molar-refractivity contribution in [2.24, 2.45) is 17.6 Å². The first-order chi connectivity index (χ1) is 9.44. The number of hydrogen-bond donors (Lipinski definition) is 2. The molecule has 0 aromatic carbocycles. The van der Waals surface area contributed by atoms with Crippen LogP contribution in [-0.4, -0.2) is 29.9 Å². The van der Waals surface area contributed by atoms with Crippen LogP contribution in [0.2, 0.25) is 0 Å². The molecule has 2 unspecified atom stereocenters. The number of imide groups is 1. The number of esters is 1. The summed E-state index contributed by atoms with van der Waals surface area (Å²) in [5, 5.41) is 2.38. The van der Waals surface area contributed by atoms with E-state index in [0.29, 0.717) is 32.3 Å². The number of amides is 2. The van der Waals surface area contributed by atoms with Crippen molar-refractivity contribution in [2.45, 2.75) is 38.1 Å². The summed E-state index contributed by atoms with van der Waals surface area (Å²) < 4.78 is 5.03. The van der Waals surface area contributed by atoms with Crippen molar-refractivity contribution in [3.8, 4) is 0 Å². The summed E-state index contributed by atoms with van der Waals surface area (Å²) in [6, 6.07) is 0. The Morgan fingerprint density at radius 1 is 1.25 bits per heavy atom. The summed E-state index contributed by atoms with van der Waals surface area (Å²) in [6.45, 7) is 2.05. The molecule has 0 radical (unpaired) electrons. The van der Waals surface area contributed by atoms with Crippen LogP contribution in [0.4, 0.5) is 0 Å². The van der Waals surface area contributed by atoms with E-state index in [1.165, 1.54) is 0 Å². The first kappa shape index (κ1) is 13.3. The molecule has 2 amide bonds. The summed E-state index contributed by atoms with van der Waals surface area (Å²) >= 11 is 0. The monoisotopic (exact) mass is 278 g/mol. The largest absolute Gasteiger partial charge is 0.465 e. The molecule has 2 atom stereocenters. The van der Waals surface area contributed by atoms with Crippen molar-refractivity contribution in [1.29, 1.82) is 0 Å². The van der Waals surface area contributed by atoms with Gasteiger partial charge in [0.15, 0.2) is 0 Å². The van der Waals surface area contributed by atoms with E-state index in [9.17, 15) is 14.4 Å². The molecule has 6 heteroatoms. The maximum Gasteiger partial charge on any atom is 0.326 e. The van der Waals surface area contributed by atoms with Gasteiger partial charge in [-0.05, 0) is 32.6 Å². The molecule has 20 heavy (non-hydrogen) atoms. The highest BCUT2D eigenvalue weighted by atomic mass is 16.5. The second kappa shape index (κ2) is 4.41. The van der Waals surface area contributed by atoms with E-state index in [0.717, 1.165) is 11.1 Å². The Morgan fingerprint density at radius 2 is 1.75 bits per heavy atom. The number of nitrogens with one attached hydrogen (secondary N) is 1. The van der Waals surface area contributed by atoms with Gasteiger partial charge in [0, 0.05) is 0 Å². The van der Waals surface area contributed by atoms with Gasteiger partial charge in [-0.1, -0.05) is 11.1 Å². The van der Waals surface area contributed by atoms with E-state index < -0.39 is 11.5 Å². The zero-order valence-electron chi connectivity index (χ0n) is 11.4. The molecule has 1 aliphatic heterocycles. The van der Waals surface area contributed by atoms with Crippen LogP contribution in [0.3, 0.4) is 0 Å². The smallest absolute Gasteiger partial charge is 0.326 e. The minimum atomic E-state index is -1.02. The lowest BCUT2D eigenvalue weighted by Crippen LogP contribution is -2.47. The van der Waals surface area contributed by atoms with Gasteiger partial charge in [0.25, 0.3) is 0 Å². The number of rotatable bonds is 2. The summed E-state index contributed by atoms with van der Waals surface area (Å²) in [6.07, 6.45) is 1.95. The number of carbonyl (C=O) groups is 3. The molecule has 0 spiro atoms. The molecule has 3 rings (SSSR count). The standard InChI is InChI=1S/C14H18N2O4/c1-2-20-13(19)14(15)5-7-3-9-10(4-8(7)6-14)12(18)16-11(9)17/h9-10H,2-6,15H2,1H3,(H,16,17,18).